The third-order valence-electron chi connectivity index (χ3n) is 3.26. The quantitative estimate of drug-likeness (QED) is 0.770. The minimum atomic E-state index is 0.299. The molecule has 0 saturated heterocycles. The normalized spacial score (nSPS) is 10.8. The highest BCUT2D eigenvalue weighted by Gasteiger charge is 2.07. The van der Waals surface area contributed by atoms with Crippen LogP contribution < -0.4 is 11.1 Å². The second kappa shape index (κ2) is 5.46. The van der Waals surface area contributed by atoms with Crippen LogP contribution in [0.4, 0.5) is 11.8 Å². The Kier molecular flexibility index (Phi) is 3.52. The van der Waals surface area contributed by atoms with Crippen molar-refractivity contribution < 1.29 is 0 Å². The van der Waals surface area contributed by atoms with E-state index in [4.69, 9.17) is 5.73 Å². The Morgan fingerprint density at radius 1 is 1.20 bits per heavy atom. The van der Waals surface area contributed by atoms with Gasteiger partial charge in [0.15, 0.2) is 0 Å². The summed E-state index contributed by atoms with van der Waals surface area (Å²) in [6.45, 7) is 2.94. The predicted octanol–water partition coefficient (Wildman–Crippen LogP) is 3.45. The standard InChI is InChI=1S/C15H16N4S/c1-2-10-7-8-20-13(10)9-17-14-11-5-3-4-6-12(11)18-15(16)19-14/h3-8H,2,9H2,1H3,(H3,16,17,18,19). The third kappa shape index (κ3) is 2.44. The van der Waals surface area contributed by atoms with Crippen molar-refractivity contribution in [3.8, 4) is 0 Å². The van der Waals surface area contributed by atoms with E-state index in [0.717, 1.165) is 29.7 Å². The SMILES string of the molecule is CCc1ccsc1CNc1nc(N)nc2ccccc12. The number of hydrogen-bond acceptors (Lipinski definition) is 5. The van der Waals surface area contributed by atoms with E-state index >= 15 is 0 Å². The average Bonchev–Trinajstić information content (AvgIpc) is 2.92. The number of fused-ring (bicyclic) bond motifs is 1. The fraction of sp³-hybridized carbons (Fsp3) is 0.200. The molecule has 0 atom stereocenters. The van der Waals surface area contributed by atoms with Crippen LogP contribution in [-0.4, -0.2) is 9.97 Å². The summed E-state index contributed by atoms with van der Waals surface area (Å²) in [7, 11) is 0. The topological polar surface area (TPSA) is 63.8 Å². The summed E-state index contributed by atoms with van der Waals surface area (Å²) in [6.07, 6.45) is 1.05. The van der Waals surface area contributed by atoms with Crippen LogP contribution in [0.25, 0.3) is 10.9 Å². The minimum Gasteiger partial charge on any atom is -0.368 e. The van der Waals surface area contributed by atoms with E-state index in [1.54, 1.807) is 11.3 Å². The van der Waals surface area contributed by atoms with Crippen LogP contribution in [0.5, 0.6) is 0 Å². The summed E-state index contributed by atoms with van der Waals surface area (Å²) in [4.78, 5) is 9.90. The molecule has 2 heterocycles. The van der Waals surface area contributed by atoms with Crippen LogP contribution in [0, 0.1) is 0 Å². The van der Waals surface area contributed by atoms with Gasteiger partial charge in [-0.25, -0.2) is 4.98 Å². The fourth-order valence-corrected chi connectivity index (χ4v) is 3.15. The summed E-state index contributed by atoms with van der Waals surface area (Å²) in [5.41, 5.74) is 8.02. The average molecular weight is 284 g/mol. The van der Waals surface area contributed by atoms with E-state index in [-0.39, 0.29) is 0 Å². The molecule has 0 aliphatic rings. The predicted molar refractivity (Wildman–Crippen MR) is 85.0 cm³/mol. The summed E-state index contributed by atoms with van der Waals surface area (Å²) in [5.74, 6) is 1.09. The van der Waals surface area contributed by atoms with Crippen molar-refractivity contribution in [1.29, 1.82) is 0 Å². The van der Waals surface area contributed by atoms with Crippen molar-refractivity contribution in [3.05, 3.63) is 46.2 Å². The molecule has 3 aromatic rings. The van der Waals surface area contributed by atoms with Gasteiger partial charge < -0.3 is 11.1 Å². The number of thiophene rings is 1. The van der Waals surface area contributed by atoms with Crippen molar-refractivity contribution in [3.63, 3.8) is 0 Å². The van der Waals surface area contributed by atoms with Gasteiger partial charge >= 0.3 is 0 Å². The van der Waals surface area contributed by atoms with Crippen molar-refractivity contribution in [2.24, 2.45) is 0 Å². The summed E-state index contributed by atoms with van der Waals surface area (Å²) >= 11 is 1.77. The molecule has 0 fully saturated rings. The Bertz CT molecular complexity index is 736. The van der Waals surface area contributed by atoms with Crippen LogP contribution in [0.15, 0.2) is 35.7 Å². The molecule has 102 valence electrons. The summed E-state index contributed by atoms with van der Waals surface area (Å²) in [5, 5.41) is 6.51. The summed E-state index contributed by atoms with van der Waals surface area (Å²) in [6, 6.07) is 10.1. The first-order valence-corrected chi connectivity index (χ1v) is 7.47. The van der Waals surface area contributed by atoms with E-state index in [2.05, 4.69) is 33.7 Å². The van der Waals surface area contributed by atoms with Crippen LogP contribution in [-0.2, 0) is 13.0 Å². The van der Waals surface area contributed by atoms with E-state index < -0.39 is 0 Å². The van der Waals surface area contributed by atoms with Gasteiger partial charge in [-0.15, -0.1) is 11.3 Å². The Morgan fingerprint density at radius 2 is 2.05 bits per heavy atom. The van der Waals surface area contributed by atoms with Crippen LogP contribution in [0.3, 0.4) is 0 Å². The molecule has 20 heavy (non-hydrogen) atoms. The molecular weight excluding hydrogens is 268 g/mol. The lowest BCUT2D eigenvalue weighted by molar-refractivity contribution is 1.07. The van der Waals surface area contributed by atoms with Crippen molar-refractivity contribution in [1.82, 2.24) is 9.97 Å². The number of rotatable bonds is 4. The van der Waals surface area contributed by atoms with Gasteiger partial charge in [-0.2, -0.15) is 4.98 Å². The number of hydrogen-bond donors (Lipinski definition) is 2. The zero-order valence-corrected chi connectivity index (χ0v) is 12.1. The molecule has 5 heteroatoms. The molecule has 0 aliphatic heterocycles. The maximum atomic E-state index is 5.77. The molecular formula is C15H16N4S. The molecule has 3 N–H and O–H groups in total. The van der Waals surface area contributed by atoms with E-state index in [1.165, 1.54) is 10.4 Å². The van der Waals surface area contributed by atoms with Gasteiger partial charge in [0.1, 0.15) is 5.82 Å². The fourth-order valence-electron chi connectivity index (χ4n) is 2.23. The maximum Gasteiger partial charge on any atom is 0.222 e. The number of para-hydroxylation sites is 1. The Morgan fingerprint density at radius 3 is 2.90 bits per heavy atom. The Balaban J connectivity index is 1.91. The molecule has 0 bridgehead atoms. The Hall–Kier alpha value is -2.14. The molecule has 4 nitrogen and oxygen atoms in total. The number of nitrogens with one attached hydrogen (secondary N) is 1. The van der Waals surface area contributed by atoms with Crippen LogP contribution in [0.2, 0.25) is 0 Å². The van der Waals surface area contributed by atoms with Crippen LogP contribution >= 0.6 is 11.3 Å². The number of nitrogen functional groups attached to an aromatic ring is 1. The van der Waals surface area contributed by atoms with Gasteiger partial charge in [-0.05, 0) is 35.6 Å². The number of nitrogens with zero attached hydrogens (tertiary/aromatic N) is 2. The lowest BCUT2D eigenvalue weighted by Gasteiger charge is -2.09. The first kappa shape index (κ1) is 12.9. The monoisotopic (exact) mass is 284 g/mol. The van der Waals surface area contributed by atoms with Gasteiger partial charge in [0.25, 0.3) is 0 Å². The maximum absolute atomic E-state index is 5.77. The van der Waals surface area contributed by atoms with Crippen molar-refractivity contribution >= 4 is 34.0 Å². The largest absolute Gasteiger partial charge is 0.368 e. The molecule has 0 aliphatic carbocycles. The van der Waals surface area contributed by atoms with Crippen molar-refractivity contribution in [2.75, 3.05) is 11.1 Å². The molecule has 2 aromatic heterocycles. The summed E-state index contributed by atoms with van der Waals surface area (Å²) < 4.78 is 0. The van der Waals surface area contributed by atoms with E-state index in [9.17, 15) is 0 Å². The van der Waals surface area contributed by atoms with Gasteiger partial charge in [0.2, 0.25) is 5.95 Å². The number of benzene rings is 1. The van der Waals surface area contributed by atoms with E-state index in [0.29, 0.717) is 5.95 Å². The molecule has 0 amide bonds. The zero-order valence-electron chi connectivity index (χ0n) is 11.3. The van der Waals surface area contributed by atoms with Gasteiger partial charge in [-0.3, -0.25) is 0 Å². The smallest absolute Gasteiger partial charge is 0.222 e. The number of aromatic nitrogens is 2. The van der Waals surface area contributed by atoms with Gasteiger partial charge in [0.05, 0.1) is 12.1 Å². The second-order valence-electron chi connectivity index (χ2n) is 4.52. The molecule has 0 saturated carbocycles. The highest BCUT2D eigenvalue weighted by atomic mass is 32.1. The second-order valence-corrected chi connectivity index (χ2v) is 5.52. The lowest BCUT2D eigenvalue weighted by Crippen LogP contribution is -2.05. The van der Waals surface area contributed by atoms with Crippen molar-refractivity contribution in [2.45, 2.75) is 19.9 Å². The molecule has 0 spiro atoms. The van der Waals surface area contributed by atoms with E-state index in [1.807, 2.05) is 24.3 Å². The first-order chi connectivity index (χ1) is 9.78. The zero-order chi connectivity index (χ0) is 13.9. The molecule has 0 unspecified atom stereocenters. The highest BCUT2D eigenvalue weighted by Crippen LogP contribution is 2.23. The molecule has 3 rings (SSSR count). The number of aryl methyl sites for hydroxylation is 1. The number of anilines is 2. The molecule has 1 aromatic carbocycles. The van der Waals surface area contributed by atoms with Crippen LogP contribution in [0.1, 0.15) is 17.4 Å². The number of nitrogens with two attached hydrogens (primary N) is 1. The van der Waals surface area contributed by atoms with Gasteiger partial charge in [-0.1, -0.05) is 19.1 Å². The highest BCUT2D eigenvalue weighted by molar-refractivity contribution is 7.10. The first-order valence-electron chi connectivity index (χ1n) is 6.59. The Labute approximate surface area is 121 Å². The molecule has 0 radical (unpaired) electrons. The third-order valence-corrected chi connectivity index (χ3v) is 4.22. The lowest BCUT2D eigenvalue weighted by atomic mass is 10.2. The minimum absolute atomic E-state index is 0.299. The van der Waals surface area contributed by atoms with Gasteiger partial charge in [0, 0.05) is 10.3 Å².